The summed E-state index contributed by atoms with van der Waals surface area (Å²) in [5.41, 5.74) is 0. The van der Waals surface area contributed by atoms with E-state index >= 15 is 0 Å². The zero-order valence-corrected chi connectivity index (χ0v) is 11.2. The van der Waals surface area contributed by atoms with Gasteiger partial charge < -0.3 is 19.9 Å². The molecular weight excluding hydrogens is 218 g/mol. The molecule has 1 aliphatic rings. The van der Waals surface area contributed by atoms with Crippen molar-refractivity contribution in [1.82, 2.24) is 5.32 Å². The fourth-order valence-corrected chi connectivity index (χ4v) is 1.97. The van der Waals surface area contributed by atoms with Gasteiger partial charge in [-0.1, -0.05) is 19.3 Å². The van der Waals surface area contributed by atoms with Crippen LogP contribution in [0.15, 0.2) is 0 Å². The Kier molecular flexibility index (Phi) is 7.77. The van der Waals surface area contributed by atoms with Crippen LogP contribution < -0.4 is 5.32 Å². The molecule has 1 rings (SSSR count). The lowest BCUT2D eigenvalue weighted by Gasteiger charge is -2.25. The van der Waals surface area contributed by atoms with Crippen molar-refractivity contribution in [2.45, 2.75) is 44.8 Å². The van der Waals surface area contributed by atoms with Crippen LogP contribution in [0.1, 0.15) is 32.6 Å². The van der Waals surface area contributed by atoms with Gasteiger partial charge in [0.15, 0.2) is 0 Å². The van der Waals surface area contributed by atoms with Crippen LogP contribution in [0, 0.1) is 5.92 Å². The summed E-state index contributed by atoms with van der Waals surface area (Å²) in [6.07, 6.45) is 5.05. The Morgan fingerprint density at radius 2 is 2.12 bits per heavy atom. The second kappa shape index (κ2) is 8.86. The van der Waals surface area contributed by atoms with Crippen LogP contribution in [0.2, 0.25) is 0 Å². The number of hydrogen-bond acceptors (Lipinski definition) is 4. The van der Waals surface area contributed by atoms with E-state index in [1.807, 2.05) is 6.92 Å². The maximum atomic E-state index is 9.67. The number of hydrogen-bond donors (Lipinski definition) is 2. The van der Waals surface area contributed by atoms with Gasteiger partial charge in [-0.25, -0.2) is 0 Å². The molecule has 1 saturated carbocycles. The summed E-state index contributed by atoms with van der Waals surface area (Å²) in [6, 6.07) is 0. The maximum Gasteiger partial charge on any atom is 0.0897 e. The van der Waals surface area contributed by atoms with E-state index in [1.54, 1.807) is 7.11 Å². The maximum absolute atomic E-state index is 9.67. The van der Waals surface area contributed by atoms with E-state index in [0.717, 1.165) is 12.5 Å². The molecule has 2 atom stereocenters. The van der Waals surface area contributed by atoms with Crippen molar-refractivity contribution in [2.24, 2.45) is 5.92 Å². The molecule has 1 fully saturated rings. The van der Waals surface area contributed by atoms with Crippen molar-refractivity contribution >= 4 is 0 Å². The normalized spacial score (nSPS) is 19.9. The van der Waals surface area contributed by atoms with Gasteiger partial charge in [0.1, 0.15) is 0 Å². The van der Waals surface area contributed by atoms with E-state index < -0.39 is 6.10 Å². The highest BCUT2D eigenvalue weighted by atomic mass is 16.5. The first-order valence-corrected chi connectivity index (χ1v) is 6.71. The minimum Gasteiger partial charge on any atom is -0.389 e. The predicted molar refractivity (Wildman–Crippen MR) is 68.1 cm³/mol. The lowest BCUT2D eigenvalue weighted by molar-refractivity contribution is -0.0311. The Labute approximate surface area is 105 Å². The number of aliphatic hydroxyl groups excluding tert-OH is 1. The zero-order valence-electron chi connectivity index (χ0n) is 11.2. The zero-order chi connectivity index (χ0) is 12.5. The highest BCUT2D eigenvalue weighted by molar-refractivity contribution is 4.70. The molecule has 102 valence electrons. The van der Waals surface area contributed by atoms with Crippen LogP contribution >= 0.6 is 0 Å². The summed E-state index contributed by atoms with van der Waals surface area (Å²) in [5.74, 6) is 0.928. The third kappa shape index (κ3) is 6.99. The number of nitrogens with one attached hydrogen (secondary N) is 1. The van der Waals surface area contributed by atoms with Crippen molar-refractivity contribution in [3.8, 4) is 0 Å². The van der Waals surface area contributed by atoms with Gasteiger partial charge >= 0.3 is 0 Å². The summed E-state index contributed by atoms with van der Waals surface area (Å²) < 4.78 is 10.4. The van der Waals surface area contributed by atoms with Crippen LogP contribution in [0.3, 0.4) is 0 Å². The molecule has 2 unspecified atom stereocenters. The largest absolute Gasteiger partial charge is 0.389 e. The number of aliphatic hydroxyl groups is 1. The summed E-state index contributed by atoms with van der Waals surface area (Å²) in [6.45, 7) is 4.52. The van der Waals surface area contributed by atoms with E-state index in [-0.39, 0.29) is 6.10 Å². The van der Waals surface area contributed by atoms with E-state index in [4.69, 9.17) is 9.47 Å². The molecule has 0 aromatic heterocycles. The van der Waals surface area contributed by atoms with Gasteiger partial charge in [-0.05, 0) is 25.8 Å². The molecule has 0 aromatic carbocycles. The number of methoxy groups -OCH3 is 1. The van der Waals surface area contributed by atoms with Crippen LogP contribution in [-0.4, -0.2) is 50.7 Å². The Hall–Kier alpha value is -0.160. The molecule has 17 heavy (non-hydrogen) atoms. The first-order chi connectivity index (χ1) is 8.22. The van der Waals surface area contributed by atoms with Gasteiger partial charge in [-0.3, -0.25) is 0 Å². The molecule has 2 N–H and O–H groups in total. The van der Waals surface area contributed by atoms with Gasteiger partial charge in [0.05, 0.1) is 25.4 Å². The lowest BCUT2D eigenvalue weighted by Crippen LogP contribution is -2.33. The fourth-order valence-electron chi connectivity index (χ4n) is 1.97. The molecule has 0 amide bonds. The summed E-state index contributed by atoms with van der Waals surface area (Å²) in [4.78, 5) is 0. The average Bonchev–Trinajstić information content (AvgIpc) is 2.24. The fraction of sp³-hybridized carbons (Fsp3) is 1.00. The second-order valence-electron chi connectivity index (χ2n) is 5.04. The Morgan fingerprint density at radius 1 is 1.35 bits per heavy atom. The van der Waals surface area contributed by atoms with Crippen molar-refractivity contribution in [2.75, 3.05) is 33.4 Å². The SMILES string of the molecule is COCC(C)OCC(O)CNCCC1CCC1. The van der Waals surface area contributed by atoms with Crippen molar-refractivity contribution < 1.29 is 14.6 Å². The molecular formula is C13H27NO3. The van der Waals surface area contributed by atoms with Crippen LogP contribution in [0.5, 0.6) is 0 Å². The van der Waals surface area contributed by atoms with E-state index in [2.05, 4.69) is 5.32 Å². The first-order valence-electron chi connectivity index (χ1n) is 6.71. The van der Waals surface area contributed by atoms with Gasteiger partial charge in [0, 0.05) is 13.7 Å². The van der Waals surface area contributed by atoms with Gasteiger partial charge in [0.25, 0.3) is 0 Å². The molecule has 0 heterocycles. The molecule has 0 spiro atoms. The number of rotatable bonds is 10. The molecule has 4 heteroatoms. The molecule has 4 nitrogen and oxygen atoms in total. The first kappa shape index (κ1) is 14.9. The summed E-state index contributed by atoms with van der Waals surface area (Å²) in [7, 11) is 1.65. The molecule has 0 bridgehead atoms. The quantitative estimate of drug-likeness (QED) is 0.567. The molecule has 1 aliphatic carbocycles. The van der Waals surface area contributed by atoms with Gasteiger partial charge in [-0.2, -0.15) is 0 Å². The molecule has 0 saturated heterocycles. The average molecular weight is 245 g/mol. The molecule has 0 radical (unpaired) electrons. The topological polar surface area (TPSA) is 50.7 Å². The standard InChI is InChI=1S/C13H27NO3/c1-11(9-16-2)17-10-13(15)8-14-7-6-12-4-3-5-12/h11-15H,3-10H2,1-2H3. The Balaban J connectivity index is 1.87. The van der Waals surface area contributed by atoms with Crippen molar-refractivity contribution in [3.05, 3.63) is 0 Å². The third-order valence-electron chi connectivity index (χ3n) is 3.31. The van der Waals surface area contributed by atoms with Crippen molar-refractivity contribution in [1.29, 1.82) is 0 Å². The Bertz CT molecular complexity index is 186. The van der Waals surface area contributed by atoms with E-state index in [0.29, 0.717) is 19.8 Å². The van der Waals surface area contributed by atoms with E-state index in [9.17, 15) is 5.11 Å². The monoisotopic (exact) mass is 245 g/mol. The van der Waals surface area contributed by atoms with Gasteiger partial charge in [0.2, 0.25) is 0 Å². The van der Waals surface area contributed by atoms with E-state index in [1.165, 1.54) is 25.7 Å². The smallest absolute Gasteiger partial charge is 0.0897 e. The van der Waals surface area contributed by atoms with Crippen LogP contribution in [0.25, 0.3) is 0 Å². The minimum absolute atomic E-state index is 0.0460. The molecule has 0 aromatic rings. The van der Waals surface area contributed by atoms with Gasteiger partial charge in [-0.15, -0.1) is 0 Å². The van der Waals surface area contributed by atoms with Crippen LogP contribution in [0.4, 0.5) is 0 Å². The lowest BCUT2D eigenvalue weighted by atomic mass is 9.83. The second-order valence-corrected chi connectivity index (χ2v) is 5.04. The minimum atomic E-state index is -0.421. The van der Waals surface area contributed by atoms with Crippen molar-refractivity contribution in [3.63, 3.8) is 0 Å². The molecule has 0 aliphatic heterocycles. The summed E-state index contributed by atoms with van der Waals surface area (Å²) in [5, 5.41) is 13.0. The number of ether oxygens (including phenoxy) is 2. The summed E-state index contributed by atoms with van der Waals surface area (Å²) >= 11 is 0. The highest BCUT2D eigenvalue weighted by Crippen LogP contribution is 2.28. The highest BCUT2D eigenvalue weighted by Gasteiger charge is 2.16. The van der Waals surface area contributed by atoms with Crippen LogP contribution in [-0.2, 0) is 9.47 Å². The predicted octanol–water partition coefficient (Wildman–Crippen LogP) is 1.18. The third-order valence-corrected chi connectivity index (χ3v) is 3.31. The Morgan fingerprint density at radius 3 is 2.71 bits per heavy atom.